The van der Waals surface area contributed by atoms with E-state index >= 15 is 0 Å². The third kappa shape index (κ3) is 5.26. The number of hydrogen-bond donors (Lipinski definition) is 2. The van der Waals surface area contributed by atoms with Crippen molar-refractivity contribution in [2.75, 3.05) is 13.1 Å². The van der Waals surface area contributed by atoms with Crippen LogP contribution >= 0.6 is 24.8 Å². The van der Waals surface area contributed by atoms with E-state index in [9.17, 15) is 13.6 Å². The van der Waals surface area contributed by atoms with Gasteiger partial charge in [0.2, 0.25) is 0 Å². The minimum atomic E-state index is -0.669. The summed E-state index contributed by atoms with van der Waals surface area (Å²) in [7, 11) is 0. The molecule has 1 amide bonds. The number of ether oxygens (including phenoxy) is 1. The van der Waals surface area contributed by atoms with Crippen molar-refractivity contribution in [3.8, 4) is 5.75 Å². The maximum Gasteiger partial charge on any atom is 0.270 e. The Hall–Kier alpha value is -2.42. The van der Waals surface area contributed by atoms with Gasteiger partial charge in [0.25, 0.3) is 5.91 Å². The Kier molecular flexibility index (Phi) is 8.61. The molecule has 1 aliphatic heterocycles. The average molecular weight is 473 g/mol. The number of aryl methyl sites for hydroxylation is 1. The molecule has 6 nitrogen and oxygen atoms in total. The van der Waals surface area contributed by atoms with Crippen LogP contribution in [0.2, 0.25) is 0 Å². The predicted octanol–water partition coefficient (Wildman–Crippen LogP) is 3.83. The lowest BCUT2D eigenvalue weighted by Gasteiger charge is -2.23. The van der Waals surface area contributed by atoms with Crippen LogP contribution in [0.25, 0.3) is 5.65 Å². The molecule has 1 atom stereocenters. The van der Waals surface area contributed by atoms with E-state index in [1.165, 1.54) is 18.2 Å². The lowest BCUT2D eigenvalue weighted by Crippen LogP contribution is -2.46. The van der Waals surface area contributed by atoms with Gasteiger partial charge in [0.1, 0.15) is 23.9 Å². The van der Waals surface area contributed by atoms with Gasteiger partial charge in [0.05, 0.1) is 11.3 Å². The van der Waals surface area contributed by atoms with E-state index in [1.807, 2.05) is 0 Å². The Labute approximate surface area is 191 Å². The molecule has 0 saturated carbocycles. The maximum absolute atomic E-state index is 13.9. The number of aromatic nitrogens is 2. The Morgan fingerprint density at radius 3 is 2.68 bits per heavy atom. The summed E-state index contributed by atoms with van der Waals surface area (Å²) in [6.45, 7) is 3.18. The number of carbonyl (C=O) groups excluding carboxylic acids is 1. The molecular weight excluding hydrogens is 449 g/mol. The number of rotatable bonds is 5. The zero-order valence-electron chi connectivity index (χ0n) is 16.9. The molecule has 4 rings (SSSR count). The molecule has 2 aromatic heterocycles. The number of benzene rings is 1. The smallest absolute Gasteiger partial charge is 0.270 e. The first-order chi connectivity index (χ1) is 14.0. The third-order valence-corrected chi connectivity index (χ3v) is 5.07. The van der Waals surface area contributed by atoms with Gasteiger partial charge < -0.3 is 15.4 Å². The molecule has 0 radical (unpaired) electrons. The van der Waals surface area contributed by atoms with Gasteiger partial charge in [-0.2, -0.15) is 0 Å². The van der Waals surface area contributed by atoms with Crippen LogP contribution in [-0.4, -0.2) is 34.4 Å². The predicted molar refractivity (Wildman–Crippen MR) is 118 cm³/mol. The zero-order chi connectivity index (χ0) is 20.4. The molecule has 3 heterocycles. The Balaban J connectivity index is 0.00000171. The summed E-state index contributed by atoms with van der Waals surface area (Å²) in [5, 5.41) is 6.31. The summed E-state index contributed by atoms with van der Waals surface area (Å²) in [6, 6.07) is 7.12. The fourth-order valence-electron chi connectivity index (χ4n) is 3.59. The number of hydrogen-bond acceptors (Lipinski definition) is 4. The molecule has 3 aromatic rings. The number of imidazole rings is 1. The van der Waals surface area contributed by atoms with Crippen LogP contribution in [-0.2, 0) is 6.61 Å². The number of nitrogens with one attached hydrogen (secondary N) is 2. The first-order valence-corrected chi connectivity index (χ1v) is 9.59. The summed E-state index contributed by atoms with van der Waals surface area (Å²) < 4.78 is 35.0. The first kappa shape index (κ1) is 24.8. The van der Waals surface area contributed by atoms with Gasteiger partial charge in [-0.05, 0) is 50.6 Å². The summed E-state index contributed by atoms with van der Waals surface area (Å²) >= 11 is 0. The number of pyridine rings is 1. The summed E-state index contributed by atoms with van der Waals surface area (Å²) in [5.41, 5.74) is 1.25. The van der Waals surface area contributed by atoms with Crippen LogP contribution in [0.1, 0.15) is 34.6 Å². The molecule has 1 aromatic carbocycles. The van der Waals surface area contributed by atoms with E-state index in [-0.39, 0.29) is 48.9 Å². The van der Waals surface area contributed by atoms with Crippen LogP contribution in [0.15, 0.2) is 36.5 Å². The number of nitrogens with zero attached hydrogens (tertiary/aromatic N) is 2. The van der Waals surface area contributed by atoms with Crippen molar-refractivity contribution in [1.82, 2.24) is 20.0 Å². The second-order valence-electron chi connectivity index (χ2n) is 7.12. The van der Waals surface area contributed by atoms with Crippen molar-refractivity contribution >= 4 is 36.4 Å². The summed E-state index contributed by atoms with van der Waals surface area (Å²) in [4.78, 5) is 17.3. The molecule has 0 bridgehead atoms. The van der Waals surface area contributed by atoms with Crippen LogP contribution < -0.4 is 15.4 Å². The number of carbonyl (C=O) groups is 1. The average Bonchev–Trinajstić information content (AvgIpc) is 3.05. The van der Waals surface area contributed by atoms with E-state index in [0.717, 1.165) is 25.9 Å². The van der Waals surface area contributed by atoms with Crippen LogP contribution in [0, 0.1) is 18.6 Å². The van der Waals surface area contributed by atoms with Crippen molar-refractivity contribution in [3.05, 3.63) is 65.1 Å². The highest BCUT2D eigenvalue weighted by atomic mass is 35.5. The maximum atomic E-state index is 13.9. The van der Waals surface area contributed by atoms with E-state index in [4.69, 9.17) is 4.74 Å². The van der Waals surface area contributed by atoms with Crippen molar-refractivity contribution in [2.24, 2.45) is 0 Å². The number of fused-ring (bicyclic) bond motifs is 1. The molecule has 10 heteroatoms. The van der Waals surface area contributed by atoms with Gasteiger partial charge in [0.15, 0.2) is 11.4 Å². The molecule has 0 spiro atoms. The fourth-order valence-corrected chi connectivity index (χ4v) is 3.59. The lowest BCUT2D eigenvalue weighted by molar-refractivity contribution is 0.0924. The Morgan fingerprint density at radius 1 is 1.26 bits per heavy atom. The van der Waals surface area contributed by atoms with Gasteiger partial charge in [-0.15, -0.1) is 24.8 Å². The van der Waals surface area contributed by atoms with Gasteiger partial charge in [-0.3, -0.25) is 9.20 Å². The van der Waals surface area contributed by atoms with Crippen LogP contribution in [0.4, 0.5) is 8.78 Å². The van der Waals surface area contributed by atoms with Gasteiger partial charge >= 0.3 is 0 Å². The number of amides is 1. The molecule has 1 aliphatic rings. The normalized spacial score (nSPS) is 15.6. The van der Waals surface area contributed by atoms with E-state index < -0.39 is 11.6 Å². The Bertz CT molecular complexity index is 1040. The number of halogens is 4. The second kappa shape index (κ2) is 10.7. The first-order valence-electron chi connectivity index (χ1n) is 9.59. The van der Waals surface area contributed by atoms with Gasteiger partial charge in [-0.25, -0.2) is 13.8 Å². The quantitative estimate of drug-likeness (QED) is 0.592. The van der Waals surface area contributed by atoms with Gasteiger partial charge in [-0.1, -0.05) is 6.07 Å². The number of piperidine rings is 1. The SMILES string of the molecule is Cc1nc2c(OCc3c(F)cccc3F)cccn2c1C(=O)N[C@H]1CCCNC1.Cl.Cl. The molecule has 31 heavy (non-hydrogen) atoms. The zero-order valence-corrected chi connectivity index (χ0v) is 18.5. The van der Waals surface area contributed by atoms with Crippen molar-refractivity contribution in [3.63, 3.8) is 0 Å². The van der Waals surface area contributed by atoms with E-state index in [0.29, 0.717) is 22.8 Å². The van der Waals surface area contributed by atoms with Crippen molar-refractivity contribution in [2.45, 2.75) is 32.4 Å². The molecule has 0 aliphatic carbocycles. The Morgan fingerprint density at radius 2 is 2.00 bits per heavy atom. The molecule has 1 saturated heterocycles. The van der Waals surface area contributed by atoms with Crippen LogP contribution in [0.3, 0.4) is 0 Å². The third-order valence-electron chi connectivity index (χ3n) is 5.07. The largest absolute Gasteiger partial charge is 0.485 e. The highest BCUT2D eigenvalue weighted by Gasteiger charge is 2.22. The molecule has 1 fully saturated rings. The highest BCUT2D eigenvalue weighted by Crippen LogP contribution is 2.24. The molecule has 2 N–H and O–H groups in total. The summed E-state index contributed by atoms with van der Waals surface area (Å²) in [6.07, 6.45) is 3.67. The lowest BCUT2D eigenvalue weighted by atomic mass is 10.1. The van der Waals surface area contributed by atoms with E-state index in [1.54, 1.807) is 29.7 Å². The van der Waals surface area contributed by atoms with Crippen molar-refractivity contribution < 1.29 is 18.3 Å². The van der Waals surface area contributed by atoms with Crippen LogP contribution in [0.5, 0.6) is 5.75 Å². The summed E-state index contributed by atoms with van der Waals surface area (Å²) in [5.74, 6) is -1.20. The standard InChI is InChI=1S/C21H22F2N4O2.2ClH/c1-13-19(21(28)26-14-5-3-9-24-11-14)27-10-4-8-18(20(27)25-13)29-12-15-16(22)6-2-7-17(15)23;;/h2,4,6-8,10,14,24H,3,5,9,11-12H2,1H3,(H,26,28);2*1H/t14-;;/m0../s1. The van der Waals surface area contributed by atoms with Crippen molar-refractivity contribution in [1.29, 1.82) is 0 Å². The highest BCUT2D eigenvalue weighted by molar-refractivity contribution is 5.95. The minimum Gasteiger partial charge on any atom is -0.485 e. The van der Waals surface area contributed by atoms with E-state index in [2.05, 4.69) is 15.6 Å². The fraction of sp³-hybridized carbons (Fsp3) is 0.333. The second-order valence-corrected chi connectivity index (χ2v) is 7.12. The monoisotopic (exact) mass is 472 g/mol. The molecule has 168 valence electrons. The minimum absolute atomic E-state index is 0. The molecular formula is C21H24Cl2F2N4O2. The topological polar surface area (TPSA) is 67.7 Å². The van der Waals surface area contributed by atoms with Gasteiger partial charge in [0, 0.05) is 18.8 Å². The molecule has 0 unspecified atom stereocenters.